The predicted molar refractivity (Wildman–Crippen MR) is 115 cm³/mol. The molecule has 1 amide bonds. The fraction of sp³-hybridized carbons (Fsp3) is 0.600. The van der Waals surface area contributed by atoms with E-state index in [-0.39, 0.29) is 27.7 Å². The quantitative estimate of drug-likeness (QED) is 0.719. The Morgan fingerprint density at radius 3 is 2.70 bits per heavy atom. The summed E-state index contributed by atoms with van der Waals surface area (Å²) in [6.07, 6.45) is 3.10. The lowest BCUT2D eigenvalue weighted by molar-refractivity contribution is -0.126. The van der Waals surface area contributed by atoms with Crippen LogP contribution in [0.2, 0.25) is 0 Å². The average molecular weight is 454 g/mol. The Labute approximate surface area is 179 Å². The molecule has 30 heavy (non-hydrogen) atoms. The number of rotatable bonds is 6. The topological polar surface area (TPSA) is 97.7 Å². The van der Waals surface area contributed by atoms with E-state index in [4.69, 9.17) is 4.74 Å². The van der Waals surface area contributed by atoms with Gasteiger partial charge in [-0.1, -0.05) is 11.3 Å². The lowest BCUT2D eigenvalue weighted by atomic mass is 9.97. The van der Waals surface area contributed by atoms with Crippen LogP contribution in [0, 0.1) is 5.92 Å². The highest BCUT2D eigenvalue weighted by Gasteiger charge is 2.32. The van der Waals surface area contributed by atoms with Crippen molar-refractivity contribution >= 4 is 37.5 Å². The number of nitrogens with zero attached hydrogens (tertiary/aromatic N) is 2. The molecule has 0 saturated carbocycles. The summed E-state index contributed by atoms with van der Waals surface area (Å²) in [7, 11) is -3.66. The Hall–Kier alpha value is -1.75. The van der Waals surface area contributed by atoms with Crippen LogP contribution in [0.1, 0.15) is 32.6 Å². The molecule has 2 aliphatic rings. The number of amides is 1. The Morgan fingerprint density at radius 1 is 1.27 bits per heavy atom. The average Bonchev–Trinajstić information content (AvgIpc) is 3.38. The minimum absolute atomic E-state index is 0.0188. The van der Waals surface area contributed by atoms with Crippen LogP contribution in [0.25, 0.3) is 10.2 Å². The lowest BCUT2D eigenvalue weighted by Gasteiger charge is -2.30. The molecule has 1 aromatic heterocycles. The second-order valence-electron chi connectivity index (χ2n) is 7.80. The first-order valence-corrected chi connectivity index (χ1v) is 12.7. The van der Waals surface area contributed by atoms with E-state index in [1.165, 1.54) is 4.31 Å². The fourth-order valence-corrected chi connectivity index (χ4v) is 6.74. The van der Waals surface area contributed by atoms with Gasteiger partial charge in [0, 0.05) is 38.7 Å². The van der Waals surface area contributed by atoms with E-state index in [0.29, 0.717) is 43.7 Å². The first kappa shape index (κ1) is 21.5. The molecule has 2 aliphatic heterocycles. The zero-order valence-electron chi connectivity index (χ0n) is 17.0. The summed E-state index contributed by atoms with van der Waals surface area (Å²) >= 11 is 1.06. The zero-order valence-corrected chi connectivity index (χ0v) is 18.6. The van der Waals surface area contributed by atoms with Gasteiger partial charge in [-0.05, 0) is 50.8 Å². The summed E-state index contributed by atoms with van der Waals surface area (Å²) < 4.78 is 35.5. The molecule has 2 fully saturated rings. The van der Waals surface area contributed by atoms with Crippen LogP contribution in [0.3, 0.4) is 0 Å². The molecule has 1 atom stereocenters. The number of sulfonamides is 1. The van der Waals surface area contributed by atoms with Crippen LogP contribution in [-0.4, -0.2) is 55.5 Å². The van der Waals surface area contributed by atoms with Crippen molar-refractivity contribution in [1.29, 1.82) is 0 Å². The van der Waals surface area contributed by atoms with Gasteiger partial charge in [0.2, 0.25) is 15.9 Å². The molecule has 2 aromatic rings. The number of benzene rings is 1. The maximum absolute atomic E-state index is 13.1. The fourth-order valence-electron chi connectivity index (χ4n) is 4.18. The standard InChI is InChI=1S/C20H27N3O5S2/c1-2-23-17-6-5-16(12-18(17)29-20(23)25)30(26,27)22-9-7-14(8-10-22)19(24)21-13-15-4-3-11-28-15/h5-6,12,14-15H,2-4,7-11,13H2,1H3,(H,21,24). The summed E-state index contributed by atoms with van der Waals surface area (Å²) in [5.74, 6) is -0.196. The Bertz CT molecular complexity index is 1080. The molecule has 10 heteroatoms. The number of carbonyl (C=O) groups excluding carboxylic acids is 1. The van der Waals surface area contributed by atoms with Gasteiger partial charge in [-0.3, -0.25) is 14.2 Å². The van der Waals surface area contributed by atoms with Gasteiger partial charge < -0.3 is 10.1 Å². The van der Waals surface area contributed by atoms with Crippen molar-refractivity contribution in [2.24, 2.45) is 5.92 Å². The number of hydrogen-bond acceptors (Lipinski definition) is 6. The van der Waals surface area contributed by atoms with E-state index in [2.05, 4.69) is 5.32 Å². The Kier molecular flexibility index (Phi) is 6.29. The van der Waals surface area contributed by atoms with Crippen molar-refractivity contribution in [3.05, 3.63) is 27.9 Å². The highest BCUT2D eigenvalue weighted by atomic mass is 32.2. The molecule has 3 heterocycles. The van der Waals surface area contributed by atoms with Crippen LogP contribution in [-0.2, 0) is 26.1 Å². The van der Waals surface area contributed by atoms with Crippen molar-refractivity contribution in [2.75, 3.05) is 26.2 Å². The van der Waals surface area contributed by atoms with Crippen LogP contribution in [0.4, 0.5) is 0 Å². The summed E-state index contributed by atoms with van der Waals surface area (Å²) in [5, 5.41) is 2.95. The van der Waals surface area contributed by atoms with Crippen LogP contribution in [0.15, 0.2) is 27.9 Å². The molecule has 164 valence electrons. The third kappa shape index (κ3) is 4.18. The smallest absolute Gasteiger partial charge is 0.308 e. The zero-order chi connectivity index (χ0) is 21.3. The molecule has 1 aromatic carbocycles. The molecule has 0 spiro atoms. The number of piperidine rings is 1. The SMILES string of the molecule is CCn1c(=O)sc2cc(S(=O)(=O)N3CCC(C(=O)NCC4CCCO4)CC3)ccc21. The third-order valence-corrected chi connectivity index (χ3v) is 8.78. The van der Waals surface area contributed by atoms with Crippen molar-refractivity contribution < 1.29 is 17.9 Å². The first-order chi connectivity index (χ1) is 14.4. The summed E-state index contributed by atoms with van der Waals surface area (Å²) in [5.41, 5.74) is 0.757. The van der Waals surface area contributed by atoms with Crippen molar-refractivity contribution in [3.8, 4) is 0 Å². The van der Waals surface area contributed by atoms with Gasteiger partial charge in [0.05, 0.1) is 21.2 Å². The van der Waals surface area contributed by atoms with E-state index >= 15 is 0 Å². The second-order valence-corrected chi connectivity index (χ2v) is 10.7. The van der Waals surface area contributed by atoms with Crippen molar-refractivity contribution in [1.82, 2.24) is 14.2 Å². The second kappa shape index (κ2) is 8.78. The summed E-state index contributed by atoms with van der Waals surface area (Å²) in [6, 6.07) is 4.86. The minimum atomic E-state index is -3.66. The molecule has 4 rings (SSSR count). The van der Waals surface area contributed by atoms with Crippen LogP contribution in [0.5, 0.6) is 0 Å². The lowest BCUT2D eigenvalue weighted by Crippen LogP contribution is -2.44. The number of hydrogen-bond donors (Lipinski definition) is 1. The molecule has 0 aliphatic carbocycles. The maximum atomic E-state index is 13.1. The van der Waals surface area contributed by atoms with Crippen LogP contribution >= 0.6 is 11.3 Å². The monoisotopic (exact) mass is 453 g/mol. The van der Waals surface area contributed by atoms with Crippen molar-refractivity contribution in [2.45, 2.75) is 50.2 Å². The Morgan fingerprint density at radius 2 is 2.03 bits per heavy atom. The molecule has 1 N–H and O–H groups in total. The Balaban J connectivity index is 1.40. The molecule has 8 nitrogen and oxygen atoms in total. The summed E-state index contributed by atoms with van der Waals surface area (Å²) in [4.78, 5) is 24.6. The molecule has 2 saturated heterocycles. The summed E-state index contributed by atoms with van der Waals surface area (Å²) in [6.45, 7) is 4.34. The van der Waals surface area contributed by atoms with Gasteiger partial charge in [-0.2, -0.15) is 4.31 Å². The maximum Gasteiger partial charge on any atom is 0.308 e. The molecule has 1 unspecified atom stereocenters. The number of carbonyl (C=O) groups is 1. The molecular weight excluding hydrogens is 426 g/mol. The number of nitrogens with one attached hydrogen (secondary N) is 1. The number of ether oxygens (including phenoxy) is 1. The van der Waals surface area contributed by atoms with E-state index < -0.39 is 10.0 Å². The van der Waals surface area contributed by atoms with E-state index in [9.17, 15) is 18.0 Å². The van der Waals surface area contributed by atoms with Gasteiger partial charge in [-0.25, -0.2) is 8.42 Å². The van der Waals surface area contributed by atoms with E-state index in [1.807, 2.05) is 6.92 Å². The van der Waals surface area contributed by atoms with Crippen molar-refractivity contribution in [3.63, 3.8) is 0 Å². The first-order valence-electron chi connectivity index (χ1n) is 10.4. The number of aryl methyl sites for hydroxylation is 1. The highest BCUT2D eigenvalue weighted by Crippen LogP contribution is 2.27. The van der Waals surface area contributed by atoms with Gasteiger partial charge >= 0.3 is 4.87 Å². The van der Waals surface area contributed by atoms with Gasteiger partial charge in [0.25, 0.3) is 0 Å². The van der Waals surface area contributed by atoms with E-state index in [1.54, 1.807) is 22.8 Å². The van der Waals surface area contributed by atoms with Gasteiger partial charge in [-0.15, -0.1) is 0 Å². The predicted octanol–water partition coefficient (Wildman–Crippen LogP) is 1.78. The molecule has 0 radical (unpaired) electrons. The van der Waals surface area contributed by atoms with Gasteiger partial charge in [0.15, 0.2) is 0 Å². The normalized spacial score (nSPS) is 21.3. The minimum Gasteiger partial charge on any atom is -0.376 e. The third-order valence-electron chi connectivity index (χ3n) is 5.95. The number of thiazole rings is 1. The van der Waals surface area contributed by atoms with E-state index in [0.717, 1.165) is 36.3 Å². The highest BCUT2D eigenvalue weighted by molar-refractivity contribution is 7.89. The van der Waals surface area contributed by atoms with Gasteiger partial charge in [0.1, 0.15) is 0 Å². The number of fused-ring (bicyclic) bond motifs is 1. The van der Waals surface area contributed by atoms with Crippen LogP contribution < -0.4 is 10.2 Å². The largest absolute Gasteiger partial charge is 0.376 e. The number of aromatic nitrogens is 1. The molecule has 0 bridgehead atoms. The molecular formula is C20H27N3O5S2.